The first kappa shape index (κ1) is 18.2. The van der Waals surface area contributed by atoms with Gasteiger partial charge in [-0.1, -0.05) is 40.5 Å². The fraction of sp³-hybridized carbons (Fsp3) is 0.333. The zero-order valence-corrected chi connectivity index (χ0v) is 15.5. The van der Waals surface area contributed by atoms with Crippen LogP contribution in [0.3, 0.4) is 0 Å². The summed E-state index contributed by atoms with van der Waals surface area (Å²) in [5.74, 6) is 0.372. The lowest BCUT2D eigenvalue weighted by Crippen LogP contribution is -2.24. The predicted octanol–water partition coefficient (Wildman–Crippen LogP) is 5.71. The smallest absolute Gasteiger partial charge is 0.131 e. The summed E-state index contributed by atoms with van der Waals surface area (Å²) in [5, 5.41) is 3.81. The highest BCUT2D eigenvalue weighted by Crippen LogP contribution is 2.26. The highest BCUT2D eigenvalue weighted by Gasteiger charge is 2.11. The summed E-state index contributed by atoms with van der Waals surface area (Å²) in [6, 6.07) is 10.9. The first-order chi connectivity index (χ1) is 11.0. The molecule has 23 heavy (non-hydrogen) atoms. The lowest BCUT2D eigenvalue weighted by atomic mass is 10.1. The molecular weight excluding hydrogens is 381 g/mol. The molecular formula is C18H20BrClFNO. The summed E-state index contributed by atoms with van der Waals surface area (Å²) in [7, 11) is 0. The maximum Gasteiger partial charge on any atom is 0.131 e. The van der Waals surface area contributed by atoms with Gasteiger partial charge in [0, 0.05) is 28.2 Å². The van der Waals surface area contributed by atoms with Crippen LogP contribution in [0.15, 0.2) is 40.9 Å². The Morgan fingerprint density at radius 3 is 2.78 bits per heavy atom. The number of nitrogens with one attached hydrogen (secondary N) is 1. The van der Waals surface area contributed by atoms with Crippen LogP contribution >= 0.6 is 27.5 Å². The molecule has 124 valence electrons. The second-order valence-electron chi connectivity index (χ2n) is 5.43. The van der Waals surface area contributed by atoms with Crippen LogP contribution in [0.5, 0.6) is 5.75 Å². The van der Waals surface area contributed by atoms with Crippen molar-refractivity contribution in [1.82, 2.24) is 5.32 Å². The molecule has 0 saturated carbocycles. The Balaban J connectivity index is 2.13. The zero-order valence-electron chi connectivity index (χ0n) is 13.2. The van der Waals surface area contributed by atoms with Crippen molar-refractivity contribution in [2.24, 2.45) is 0 Å². The van der Waals surface area contributed by atoms with Crippen LogP contribution in [0.25, 0.3) is 0 Å². The summed E-state index contributed by atoms with van der Waals surface area (Å²) in [6.45, 7) is 5.06. The predicted molar refractivity (Wildman–Crippen MR) is 96.5 cm³/mol. The van der Waals surface area contributed by atoms with Crippen molar-refractivity contribution < 1.29 is 9.13 Å². The van der Waals surface area contributed by atoms with Gasteiger partial charge in [-0.05, 0) is 43.7 Å². The Morgan fingerprint density at radius 1 is 1.30 bits per heavy atom. The summed E-state index contributed by atoms with van der Waals surface area (Å²) in [5.41, 5.74) is 1.39. The minimum absolute atomic E-state index is 0.101. The van der Waals surface area contributed by atoms with E-state index in [1.807, 2.05) is 18.2 Å². The maximum absolute atomic E-state index is 13.8. The van der Waals surface area contributed by atoms with Crippen LogP contribution < -0.4 is 10.1 Å². The zero-order chi connectivity index (χ0) is 16.8. The molecule has 2 aromatic carbocycles. The molecule has 2 aromatic rings. The third kappa shape index (κ3) is 5.20. The quantitative estimate of drug-likeness (QED) is 0.643. The van der Waals surface area contributed by atoms with Crippen molar-refractivity contribution in [2.75, 3.05) is 0 Å². The van der Waals surface area contributed by atoms with Gasteiger partial charge < -0.3 is 10.1 Å². The molecule has 0 aromatic heterocycles. The minimum atomic E-state index is -0.353. The standard InChI is InChI=1S/C18H20BrClFNO/c1-3-12(2)22-10-13-9-14(19)7-8-18(13)23-11-15-16(20)5-4-6-17(15)21/h4-9,12,22H,3,10-11H2,1-2H3/t12-/m1/s1. The average molecular weight is 401 g/mol. The van der Waals surface area contributed by atoms with Crippen molar-refractivity contribution in [3.05, 3.63) is 62.8 Å². The molecule has 2 nitrogen and oxygen atoms in total. The maximum atomic E-state index is 13.8. The summed E-state index contributed by atoms with van der Waals surface area (Å²) < 4.78 is 20.6. The molecule has 1 atom stereocenters. The number of halogens is 3. The fourth-order valence-corrected chi connectivity index (χ4v) is 2.70. The second-order valence-corrected chi connectivity index (χ2v) is 6.75. The lowest BCUT2D eigenvalue weighted by Gasteiger charge is -2.16. The van der Waals surface area contributed by atoms with Gasteiger partial charge >= 0.3 is 0 Å². The Kier molecular flexibility index (Phi) is 6.88. The highest BCUT2D eigenvalue weighted by molar-refractivity contribution is 9.10. The van der Waals surface area contributed by atoms with E-state index in [4.69, 9.17) is 16.3 Å². The minimum Gasteiger partial charge on any atom is -0.488 e. The van der Waals surface area contributed by atoms with Crippen LogP contribution in [-0.4, -0.2) is 6.04 Å². The molecule has 1 N–H and O–H groups in total. The van der Waals surface area contributed by atoms with E-state index in [-0.39, 0.29) is 12.4 Å². The van der Waals surface area contributed by atoms with Crippen LogP contribution in [0.4, 0.5) is 4.39 Å². The first-order valence-electron chi connectivity index (χ1n) is 7.58. The van der Waals surface area contributed by atoms with Crippen LogP contribution in [0, 0.1) is 5.82 Å². The molecule has 0 aliphatic carbocycles. The van der Waals surface area contributed by atoms with E-state index in [2.05, 4.69) is 35.1 Å². The Bertz CT molecular complexity index is 645. The number of benzene rings is 2. The molecule has 0 bridgehead atoms. The number of hydrogen-bond acceptors (Lipinski definition) is 2. The van der Waals surface area contributed by atoms with Gasteiger partial charge in [0.2, 0.25) is 0 Å². The Hall–Kier alpha value is -1.10. The van der Waals surface area contributed by atoms with E-state index in [9.17, 15) is 4.39 Å². The number of hydrogen-bond donors (Lipinski definition) is 1. The molecule has 2 rings (SSSR count). The van der Waals surface area contributed by atoms with Crippen molar-refractivity contribution in [3.8, 4) is 5.75 Å². The van der Waals surface area contributed by atoms with Crippen molar-refractivity contribution in [3.63, 3.8) is 0 Å². The normalized spacial score (nSPS) is 12.2. The average Bonchev–Trinajstić information content (AvgIpc) is 2.53. The molecule has 0 saturated heterocycles. The fourth-order valence-electron chi connectivity index (χ4n) is 2.08. The Morgan fingerprint density at radius 2 is 2.09 bits per heavy atom. The molecule has 0 fully saturated rings. The van der Waals surface area contributed by atoms with Crippen LogP contribution in [0.2, 0.25) is 5.02 Å². The lowest BCUT2D eigenvalue weighted by molar-refractivity contribution is 0.295. The summed E-state index contributed by atoms with van der Waals surface area (Å²) >= 11 is 9.52. The van der Waals surface area contributed by atoms with Gasteiger partial charge in [-0.25, -0.2) is 4.39 Å². The third-order valence-electron chi connectivity index (χ3n) is 3.71. The molecule has 0 heterocycles. The summed E-state index contributed by atoms with van der Waals surface area (Å²) in [6.07, 6.45) is 1.05. The molecule has 0 aliphatic heterocycles. The van der Waals surface area contributed by atoms with Gasteiger partial charge in [-0.3, -0.25) is 0 Å². The molecule has 0 unspecified atom stereocenters. The van der Waals surface area contributed by atoms with Gasteiger partial charge in [0.1, 0.15) is 18.2 Å². The van der Waals surface area contributed by atoms with Gasteiger partial charge in [0.15, 0.2) is 0 Å². The topological polar surface area (TPSA) is 21.3 Å². The van der Waals surface area contributed by atoms with E-state index in [1.165, 1.54) is 6.07 Å². The van der Waals surface area contributed by atoms with Gasteiger partial charge in [0.05, 0.1) is 5.02 Å². The highest BCUT2D eigenvalue weighted by atomic mass is 79.9. The van der Waals surface area contributed by atoms with Crippen molar-refractivity contribution >= 4 is 27.5 Å². The van der Waals surface area contributed by atoms with Gasteiger partial charge in [-0.15, -0.1) is 0 Å². The van der Waals surface area contributed by atoms with Crippen LogP contribution in [-0.2, 0) is 13.2 Å². The van der Waals surface area contributed by atoms with Gasteiger partial charge in [-0.2, -0.15) is 0 Å². The number of rotatable bonds is 7. The van der Waals surface area contributed by atoms with E-state index in [0.29, 0.717) is 23.2 Å². The van der Waals surface area contributed by atoms with E-state index >= 15 is 0 Å². The SMILES string of the molecule is CC[C@@H](C)NCc1cc(Br)ccc1OCc1c(F)cccc1Cl. The monoisotopic (exact) mass is 399 g/mol. The first-order valence-corrected chi connectivity index (χ1v) is 8.75. The molecule has 0 aliphatic rings. The second kappa shape index (κ2) is 8.67. The molecule has 0 spiro atoms. The van der Waals surface area contributed by atoms with Crippen molar-refractivity contribution in [1.29, 1.82) is 0 Å². The molecule has 0 radical (unpaired) electrons. The van der Waals surface area contributed by atoms with E-state index in [0.717, 1.165) is 22.2 Å². The van der Waals surface area contributed by atoms with E-state index < -0.39 is 0 Å². The van der Waals surface area contributed by atoms with Crippen molar-refractivity contribution in [2.45, 2.75) is 39.5 Å². The largest absolute Gasteiger partial charge is 0.488 e. The van der Waals surface area contributed by atoms with Gasteiger partial charge in [0.25, 0.3) is 0 Å². The summed E-state index contributed by atoms with van der Waals surface area (Å²) in [4.78, 5) is 0. The van der Waals surface area contributed by atoms with Crippen LogP contribution in [0.1, 0.15) is 31.4 Å². The number of ether oxygens (including phenoxy) is 1. The molecule has 0 amide bonds. The third-order valence-corrected chi connectivity index (χ3v) is 4.56. The van der Waals surface area contributed by atoms with E-state index in [1.54, 1.807) is 12.1 Å². The molecule has 5 heteroatoms. The Labute approximate surface area is 150 Å².